The molecule has 1 unspecified atom stereocenters. The Kier molecular flexibility index (Phi) is 5.16. The number of esters is 2. The Labute approximate surface area is 104 Å². The molecule has 1 rings (SSSR count). The molecule has 0 spiro atoms. The van der Waals surface area contributed by atoms with Crippen LogP contribution in [-0.4, -0.2) is 43.4 Å². The summed E-state index contributed by atoms with van der Waals surface area (Å²) in [4.78, 5) is 32.9. The second kappa shape index (κ2) is 6.63. The lowest BCUT2D eigenvalue weighted by molar-refractivity contribution is -0.143. The van der Waals surface area contributed by atoms with Crippen molar-refractivity contribution in [1.82, 2.24) is 5.32 Å². The molecule has 1 heterocycles. The molecule has 1 N–H and O–H groups in total. The summed E-state index contributed by atoms with van der Waals surface area (Å²) in [7, 11) is 0. The third-order valence-corrected chi connectivity index (χ3v) is 1.87. The van der Waals surface area contributed by atoms with Crippen LogP contribution >= 0.6 is 0 Å². The highest BCUT2D eigenvalue weighted by atomic mass is 16.6. The smallest absolute Gasteiger partial charge is 0.407 e. The van der Waals surface area contributed by atoms with Gasteiger partial charge in [0.2, 0.25) is 0 Å². The summed E-state index contributed by atoms with van der Waals surface area (Å²) in [5.74, 6) is -1.30. The molecule has 1 atom stereocenters. The summed E-state index contributed by atoms with van der Waals surface area (Å²) >= 11 is 0. The first-order valence-electron chi connectivity index (χ1n) is 5.46. The maximum atomic E-state index is 11.2. The molecule has 0 aromatic heterocycles. The van der Waals surface area contributed by atoms with Gasteiger partial charge < -0.3 is 19.5 Å². The first-order valence-corrected chi connectivity index (χ1v) is 5.46. The molecule has 0 radical (unpaired) electrons. The maximum Gasteiger partial charge on any atom is 0.407 e. The zero-order chi connectivity index (χ0) is 13.5. The first kappa shape index (κ1) is 14.0. The number of carbonyl (C=O) groups excluding carboxylic acids is 3. The number of nitrogens with one attached hydrogen (secondary N) is 1. The van der Waals surface area contributed by atoms with Gasteiger partial charge in [-0.1, -0.05) is 0 Å². The summed E-state index contributed by atoms with van der Waals surface area (Å²) in [6, 6.07) is -0.350. The minimum Gasteiger partial charge on any atom is -0.460 e. The van der Waals surface area contributed by atoms with E-state index >= 15 is 0 Å². The Balaban J connectivity index is 2.22. The Bertz CT molecular complexity index is 363. The van der Waals surface area contributed by atoms with Gasteiger partial charge in [-0.25, -0.2) is 14.4 Å². The van der Waals surface area contributed by atoms with Gasteiger partial charge in [0.25, 0.3) is 0 Å². The number of alkyl carbamates (subject to hydrolysis) is 1. The van der Waals surface area contributed by atoms with Crippen molar-refractivity contribution in [3.8, 4) is 0 Å². The lowest BCUT2D eigenvalue weighted by atomic mass is 10.3. The van der Waals surface area contributed by atoms with Crippen molar-refractivity contribution in [1.29, 1.82) is 0 Å². The Hall–Kier alpha value is -2.05. The van der Waals surface area contributed by atoms with Crippen LogP contribution < -0.4 is 5.32 Å². The molecular weight excluding hydrogens is 242 g/mol. The van der Waals surface area contributed by atoms with Crippen LogP contribution in [0, 0.1) is 0 Å². The van der Waals surface area contributed by atoms with Gasteiger partial charge in [0.05, 0.1) is 6.10 Å². The average molecular weight is 257 g/mol. The second-order valence-electron chi connectivity index (χ2n) is 3.89. The molecule has 1 aliphatic rings. The maximum absolute atomic E-state index is 11.2. The number of hydrogen-bond acceptors (Lipinski definition) is 6. The third-order valence-electron chi connectivity index (χ3n) is 1.87. The van der Waals surface area contributed by atoms with E-state index in [1.807, 2.05) is 0 Å². The zero-order valence-electron chi connectivity index (χ0n) is 10.2. The summed E-state index contributed by atoms with van der Waals surface area (Å²) in [5, 5.41) is 2.45. The van der Waals surface area contributed by atoms with Crippen molar-refractivity contribution in [2.45, 2.75) is 26.0 Å². The van der Waals surface area contributed by atoms with Crippen molar-refractivity contribution >= 4 is 18.0 Å². The SMILES string of the molecule is CC(C)OC(=O)/C=C/C(=O)OCC1COC(=O)N1. The van der Waals surface area contributed by atoms with Crippen LogP contribution in [0.1, 0.15) is 13.8 Å². The van der Waals surface area contributed by atoms with Gasteiger partial charge >= 0.3 is 18.0 Å². The summed E-state index contributed by atoms with van der Waals surface area (Å²) in [6.07, 6.45) is 1.19. The van der Waals surface area contributed by atoms with Crippen molar-refractivity contribution in [2.75, 3.05) is 13.2 Å². The topological polar surface area (TPSA) is 90.9 Å². The first-order chi connectivity index (χ1) is 8.47. The number of rotatable bonds is 5. The molecular formula is C11H15NO6. The Morgan fingerprint density at radius 1 is 1.44 bits per heavy atom. The molecule has 7 heteroatoms. The highest BCUT2D eigenvalue weighted by Gasteiger charge is 2.22. The summed E-state index contributed by atoms with van der Waals surface area (Å²) in [6.45, 7) is 3.55. The molecule has 0 saturated carbocycles. The fourth-order valence-electron chi connectivity index (χ4n) is 1.15. The van der Waals surface area contributed by atoms with Gasteiger partial charge in [-0.3, -0.25) is 0 Å². The molecule has 1 fully saturated rings. The molecule has 1 saturated heterocycles. The van der Waals surface area contributed by atoms with Gasteiger partial charge in [0.1, 0.15) is 19.3 Å². The Morgan fingerprint density at radius 2 is 2.11 bits per heavy atom. The molecule has 7 nitrogen and oxygen atoms in total. The number of ether oxygens (including phenoxy) is 3. The average Bonchev–Trinajstić information content (AvgIpc) is 2.69. The lowest BCUT2D eigenvalue weighted by Crippen LogP contribution is -2.31. The standard InChI is InChI=1S/C11H15NO6/c1-7(2)18-10(14)4-3-9(13)16-5-8-6-17-11(15)12-8/h3-4,7-8H,5-6H2,1-2H3,(H,12,15)/b4-3+. The van der Waals surface area contributed by atoms with Gasteiger partial charge in [0, 0.05) is 12.2 Å². The van der Waals surface area contributed by atoms with Gasteiger partial charge in [0.15, 0.2) is 0 Å². The van der Waals surface area contributed by atoms with Gasteiger partial charge in [-0.05, 0) is 13.8 Å². The summed E-state index contributed by atoms with van der Waals surface area (Å²) in [5.41, 5.74) is 0. The van der Waals surface area contributed by atoms with E-state index in [0.717, 1.165) is 12.2 Å². The summed E-state index contributed by atoms with van der Waals surface area (Å²) < 4.78 is 14.2. The van der Waals surface area contributed by atoms with E-state index in [-0.39, 0.29) is 25.4 Å². The van der Waals surface area contributed by atoms with Crippen LogP contribution in [0.3, 0.4) is 0 Å². The minimum atomic E-state index is -0.683. The molecule has 100 valence electrons. The second-order valence-corrected chi connectivity index (χ2v) is 3.89. The van der Waals surface area contributed by atoms with Crippen molar-refractivity contribution in [3.05, 3.63) is 12.2 Å². The molecule has 0 bridgehead atoms. The molecule has 1 aliphatic heterocycles. The number of carbonyl (C=O) groups is 3. The molecule has 1 amide bonds. The molecule has 0 aliphatic carbocycles. The van der Waals surface area contributed by atoms with Crippen LogP contribution in [0.15, 0.2) is 12.2 Å². The highest BCUT2D eigenvalue weighted by molar-refractivity contribution is 5.91. The van der Waals surface area contributed by atoms with E-state index in [1.165, 1.54) is 0 Å². The van der Waals surface area contributed by atoms with E-state index in [1.54, 1.807) is 13.8 Å². The highest BCUT2D eigenvalue weighted by Crippen LogP contribution is 1.98. The van der Waals surface area contributed by atoms with E-state index in [2.05, 4.69) is 10.1 Å². The predicted octanol–water partition coefficient (Wildman–Crippen LogP) is 0.146. The monoisotopic (exact) mass is 257 g/mol. The van der Waals surface area contributed by atoms with E-state index < -0.39 is 18.0 Å². The fraction of sp³-hybridized carbons (Fsp3) is 0.545. The fourth-order valence-corrected chi connectivity index (χ4v) is 1.15. The molecule has 0 aromatic carbocycles. The normalized spacial score (nSPS) is 18.6. The van der Waals surface area contributed by atoms with Crippen LogP contribution in [0.5, 0.6) is 0 Å². The number of hydrogen-bond donors (Lipinski definition) is 1. The largest absolute Gasteiger partial charge is 0.460 e. The van der Waals surface area contributed by atoms with Crippen LogP contribution in [-0.2, 0) is 23.8 Å². The zero-order valence-corrected chi connectivity index (χ0v) is 10.2. The number of cyclic esters (lactones) is 1. The minimum absolute atomic E-state index is 0.00581. The van der Waals surface area contributed by atoms with Gasteiger partial charge in [-0.2, -0.15) is 0 Å². The van der Waals surface area contributed by atoms with Crippen LogP contribution in [0.2, 0.25) is 0 Å². The van der Waals surface area contributed by atoms with Crippen molar-refractivity contribution in [3.63, 3.8) is 0 Å². The Morgan fingerprint density at radius 3 is 2.67 bits per heavy atom. The quantitative estimate of drug-likeness (QED) is 0.428. The lowest BCUT2D eigenvalue weighted by Gasteiger charge is -2.06. The van der Waals surface area contributed by atoms with E-state index in [9.17, 15) is 14.4 Å². The van der Waals surface area contributed by atoms with Crippen LogP contribution in [0.25, 0.3) is 0 Å². The van der Waals surface area contributed by atoms with Gasteiger partial charge in [-0.15, -0.1) is 0 Å². The predicted molar refractivity (Wildman–Crippen MR) is 59.6 cm³/mol. The van der Waals surface area contributed by atoms with E-state index in [4.69, 9.17) is 9.47 Å². The number of amides is 1. The van der Waals surface area contributed by atoms with E-state index in [0.29, 0.717) is 0 Å². The van der Waals surface area contributed by atoms with Crippen molar-refractivity contribution < 1.29 is 28.6 Å². The molecule has 0 aromatic rings. The van der Waals surface area contributed by atoms with Crippen LogP contribution in [0.4, 0.5) is 4.79 Å². The third kappa shape index (κ3) is 5.33. The van der Waals surface area contributed by atoms with Crippen molar-refractivity contribution in [2.24, 2.45) is 0 Å². The molecule has 18 heavy (non-hydrogen) atoms.